The van der Waals surface area contributed by atoms with E-state index in [2.05, 4.69) is 4.98 Å². The molecule has 0 aliphatic carbocycles. The topological polar surface area (TPSA) is 73.3 Å². The zero-order valence-corrected chi connectivity index (χ0v) is 13.0. The molecule has 0 spiro atoms. The molecule has 2 heterocycles. The Labute approximate surface area is 126 Å². The molecular formula is C14H13NO4S2. The Balaban J connectivity index is 1.99. The van der Waals surface area contributed by atoms with Crippen molar-refractivity contribution in [3.05, 3.63) is 40.4 Å². The summed E-state index contributed by atoms with van der Waals surface area (Å²) in [5.41, 5.74) is 2.11. The predicted octanol–water partition coefficient (Wildman–Crippen LogP) is 2.07. The van der Waals surface area contributed by atoms with Crippen molar-refractivity contribution in [3.63, 3.8) is 0 Å². The van der Waals surface area contributed by atoms with Crippen molar-refractivity contribution in [3.8, 4) is 10.6 Å². The third-order valence-corrected chi connectivity index (χ3v) is 6.19. The van der Waals surface area contributed by atoms with Crippen LogP contribution in [0.25, 0.3) is 10.6 Å². The number of esters is 1. The molecule has 0 bridgehead atoms. The lowest BCUT2D eigenvalue weighted by Crippen LogP contribution is -2.17. The molecule has 1 aromatic carbocycles. The number of methoxy groups -OCH3 is 1. The van der Waals surface area contributed by atoms with E-state index in [4.69, 9.17) is 4.74 Å². The first-order valence-electron chi connectivity index (χ1n) is 6.36. The van der Waals surface area contributed by atoms with Crippen LogP contribution in [0.15, 0.2) is 24.3 Å². The lowest BCUT2D eigenvalue weighted by Gasteiger charge is -2.09. The van der Waals surface area contributed by atoms with Crippen LogP contribution in [0.2, 0.25) is 0 Å². The number of rotatable bonds is 2. The van der Waals surface area contributed by atoms with Gasteiger partial charge in [0.15, 0.2) is 9.84 Å². The fraction of sp³-hybridized carbons (Fsp3) is 0.286. The van der Waals surface area contributed by atoms with Crippen molar-refractivity contribution in [1.82, 2.24) is 4.98 Å². The minimum Gasteiger partial charge on any atom is -0.465 e. The number of hydrogen-bond donors (Lipinski definition) is 0. The third kappa shape index (κ3) is 2.84. The van der Waals surface area contributed by atoms with Crippen LogP contribution in [0.1, 0.15) is 20.9 Å². The summed E-state index contributed by atoms with van der Waals surface area (Å²) in [6, 6.07) is 7.00. The summed E-state index contributed by atoms with van der Waals surface area (Å²) in [5, 5.41) is 0.739. The number of ether oxygens (including phenoxy) is 1. The molecule has 7 heteroatoms. The lowest BCUT2D eigenvalue weighted by molar-refractivity contribution is 0.0601. The Bertz CT molecular complexity index is 808. The van der Waals surface area contributed by atoms with E-state index in [0.29, 0.717) is 12.0 Å². The molecule has 1 aliphatic rings. The second-order valence-electron chi connectivity index (χ2n) is 4.80. The minimum atomic E-state index is -2.99. The van der Waals surface area contributed by atoms with Crippen LogP contribution in [-0.2, 0) is 26.7 Å². The molecule has 0 amide bonds. The van der Waals surface area contributed by atoms with Crippen molar-refractivity contribution in [2.24, 2.45) is 0 Å². The fourth-order valence-corrected chi connectivity index (χ4v) is 5.12. The molecule has 1 aliphatic heterocycles. The van der Waals surface area contributed by atoms with Crippen molar-refractivity contribution in [2.45, 2.75) is 12.2 Å². The van der Waals surface area contributed by atoms with Gasteiger partial charge in [0.05, 0.1) is 29.9 Å². The van der Waals surface area contributed by atoms with Gasteiger partial charge in [0.2, 0.25) is 0 Å². The van der Waals surface area contributed by atoms with Crippen LogP contribution in [0.3, 0.4) is 0 Å². The number of hydrogen-bond acceptors (Lipinski definition) is 6. The van der Waals surface area contributed by atoms with Gasteiger partial charge in [-0.3, -0.25) is 0 Å². The van der Waals surface area contributed by atoms with Crippen molar-refractivity contribution in [2.75, 3.05) is 12.9 Å². The maximum absolute atomic E-state index is 11.7. The highest BCUT2D eigenvalue weighted by Gasteiger charge is 2.25. The molecule has 0 saturated heterocycles. The molecule has 0 radical (unpaired) electrons. The summed E-state index contributed by atoms with van der Waals surface area (Å²) in [4.78, 5) is 16.9. The molecule has 3 rings (SSSR count). The summed E-state index contributed by atoms with van der Waals surface area (Å²) in [6.07, 6.45) is 0.463. The highest BCUT2D eigenvalue weighted by atomic mass is 32.2. The lowest BCUT2D eigenvalue weighted by atomic mass is 10.1. The number of fused-ring (bicyclic) bond motifs is 1. The van der Waals surface area contributed by atoms with Crippen LogP contribution < -0.4 is 0 Å². The number of benzene rings is 1. The number of aromatic nitrogens is 1. The Morgan fingerprint density at radius 1 is 1.38 bits per heavy atom. The number of carbonyl (C=O) groups excluding carboxylic acids is 1. The molecule has 0 unspecified atom stereocenters. The van der Waals surface area contributed by atoms with Crippen molar-refractivity contribution < 1.29 is 17.9 Å². The highest BCUT2D eigenvalue weighted by molar-refractivity contribution is 7.90. The molecule has 0 saturated carbocycles. The molecule has 21 heavy (non-hydrogen) atoms. The van der Waals surface area contributed by atoms with Crippen LogP contribution in [0.5, 0.6) is 0 Å². The molecular weight excluding hydrogens is 310 g/mol. The summed E-state index contributed by atoms with van der Waals surface area (Å²) in [6.45, 7) is 0. The van der Waals surface area contributed by atoms with E-state index >= 15 is 0 Å². The fourth-order valence-electron chi connectivity index (χ4n) is 2.24. The molecule has 0 fully saturated rings. The van der Waals surface area contributed by atoms with Crippen LogP contribution >= 0.6 is 11.3 Å². The maximum Gasteiger partial charge on any atom is 0.337 e. The van der Waals surface area contributed by atoms with Crippen LogP contribution in [0.4, 0.5) is 0 Å². The van der Waals surface area contributed by atoms with E-state index in [-0.39, 0.29) is 11.5 Å². The largest absolute Gasteiger partial charge is 0.465 e. The van der Waals surface area contributed by atoms with Gasteiger partial charge < -0.3 is 4.74 Å². The molecule has 0 N–H and O–H groups in total. The second kappa shape index (κ2) is 5.23. The standard InChI is InChI=1S/C14H13NO4S2/c1-19-14(16)10-4-2-3-9(7-10)13-15-11-5-6-21(17,18)8-12(11)20-13/h2-4,7H,5-6,8H2,1H3. The Morgan fingerprint density at radius 2 is 2.19 bits per heavy atom. The number of carbonyl (C=O) groups is 1. The first kappa shape index (κ1) is 14.2. The summed E-state index contributed by atoms with van der Waals surface area (Å²) >= 11 is 1.38. The number of aryl methyl sites for hydroxylation is 1. The summed E-state index contributed by atoms with van der Waals surface area (Å²) in [5.74, 6) is -0.178. The van der Waals surface area contributed by atoms with Gasteiger partial charge in [-0.2, -0.15) is 0 Å². The number of thiazole rings is 1. The Kier molecular flexibility index (Phi) is 3.54. The quantitative estimate of drug-likeness (QED) is 0.791. The van der Waals surface area contributed by atoms with Crippen LogP contribution in [-0.4, -0.2) is 32.2 Å². The molecule has 2 aromatic rings. The molecule has 110 valence electrons. The average molecular weight is 323 g/mol. The second-order valence-corrected chi connectivity index (χ2v) is 8.07. The van der Waals surface area contributed by atoms with Crippen molar-refractivity contribution in [1.29, 1.82) is 0 Å². The van der Waals surface area contributed by atoms with Gasteiger partial charge in [-0.15, -0.1) is 11.3 Å². The number of sulfone groups is 1. The van der Waals surface area contributed by atoms with E-state index in [1.165, 1.54) is 18.4 Å². The molecule has 5 nitrogen and oxygen atoms in total. The minimum absolute atomic E-state index is 0.0662. The maximum atomic E-state index is 11.7. The van der Waals surface area contributed by atoms with E-state index in [1.54, 1.807) is 18.2 Å². The normalized spacial score (nSPS) is 16.2. The van der Waals surface area contributed by atoms with Gasteiger partial charge >= 0.3 is 5.97 Å². The summed E-state index contributed by atoms with van der Waals surface area (Å²) in [7, 11) is -1.66. The zero-order chi connectivity index (χ0) is 15.0. The van der Waals surface area contributed by atoms with Gasteiger partial charge in [0, 0.05) is 16.9 Å². The average Bonchev–Trinajstić information content (AvgIpc) is 2.88. The summed E-state index contributed by atoms with van der Waals surface area (Å²) < 4.78 is 28.0. The highest BCUT2D eigenvalue weighted by Crippen LogP contribution is 2.32. The predicted molar refractivity (Wildman–Crippen MR) is 80.1 cm³/mol. The Hall–Kier alpha value is -1.73. The third-order valence-electron chi connectivity index (χ3n) is 3.31. The van der Waals surface area contributed by atoms with Gasteiger partial charge in [-0.1, -0.05) is 12.1 Å². The van der Waals surface area contributed by atoms with Crippen LogP contribution in [0, 0.1) is 0 Å². The number of nitrogens with zero attached hydrogens (tertiary/aromatic N) is 1. The first-order chi connectivity index (χ1) is 9.98. The van der Waals surface area contributed by atoms with Gasteiger partial charge in [-0.25, -0.2) is 18.2 Å². The van der Waals surface area contributed by atoms with Crippen molar-refractivity contribution >= 4 is 27.1 Å². The van der Waals surface area contributed by atoms with E-state index < -0.39 is 15.8 Å². The monoisotopic (exact) mass is 323 g/mol. The Morgan fingerprint density at radius 3 is 2.95 bits per heavy atom. The first-order valence-corrected chi connectivity index (χ1v) is 9.00. The van der Waals surface area contributed by atoms with E-state index in [9.17, 15) is 13.2 Å². The molecule has 1 aromatic heterocycles. The van der Waals surface area contributed by atoms with Gasteiger partial charge in [0.1, 0.15) is 5.01 Å². The van der Waals surface area contributed by atoms with Gasteiger partial charge in [-0.05, 0) is 12.1 Å². The van der Waals surface area contributed by atoms with Gasteiger partial charge in [0.25, 0.3) is 0 Å². The molecule has 0 atom stereocenters. The van der Waals surface area contributed by atoms with E-state index in [1.807, 2.05) is 6.07 Å². The smallest absolute Gasteiger partial charge is 0.337 e. The van der Waals surface area contributed by atoms with E-state index in [0.717, 1.165) is 21.1 Å². The zero-order valence-electron chi connectivity index (χ0n) is 11.3. The SMILES string of the molecule is COC(=O)c1cccc(-c2nc3c(s2)CS(=O)(=O)CC3)c1.